The summed E-state index contributed by atoms with van der Waals surface area (Å²) in [6, 6.07) is 20.1. The van der Waals surface area contributed by atoms with Crippen molar-refractivity contribution in [1.29, 1.82) is 0 Å². The van der Waals surface area contributed by atoms with Crippen LogP contribution in [0.15, 0.2) is 72.9 Å². The fraction of sp³-hybridized carbons (Fsp3) is 0.300. The first kappa shape index (κ1) is 25.9. The van der Waals surface area contributed by atoms with Gasteiger partial charge in [-0.3, -0.25) is 9.78 Å². The number of anilines is 3. The van der Waals surface area contributed by atoms with Crippen LogP contribution >= 0.6 is 12.2 Å². The first-order valence-electron chi connectivity index (χ1n) is 12.7. The second kappa shape index (κ2) is 10.2. The monoisotopic (exact) mass is 527 g/mol. The van der Waals surface area contributed by atoms with Crippen molar-refractivity contribution in [2.45, 2.75) is 38.4 Å². The molecule has 7 nitrogen and oxygen atoms in total. The Kier molecular flexibility index (Phi) is 6.94. The van der Waals surface area contributed by atoms with Gasteiger partial charge in [-0.2, -0.15) is 0 Å². The van der Waals surface area contributed by atoms with Crippen LogP contribution in [0.1, 0.15) is 49.7 Å². The van der Waals surface area contributed by atoms with Crippen LogP contribution in [0.5, 0.6) is 0 Å². The number of pyridine rings is 1. The van der Waals surface area contributed by atoms with Crippen LogP contribution < -0.4 is 20.4 Å². The number of allylic oxidation sites excluding steroid dienone is 1. The fourth-order valence-electron chi connectivity index (χ4n) is 5.37. The highest BCUT2D eigenvalue weighted by Crippen LogP contribution is 2.45. The summed E-state index contributed by atoms with van der Waals surface area (Å²) >= 11 is 5.89. The van der Waals surface area contributed by atoms with Crippen LogP contribution in [-0.4, -0.2) is 42.3 Å². The lowest BCUT2D eigenvalue weighted by atomic mass is 9.86. The van der Waals surface area contributed by atoms with Gasteiger partial charge in [0.15, 0.2) is 5.11 Å². The molecule has 2 aromatic carbocycles. The molecule has 2 N–H and O–H groups in total. The van der Waals surface area contributed by atoms with Crippen molar-refractivity contribution in [2.75, 3.05) is 35.9 Å². The molecule has 0 bridgehead atoms. The number of amides is 1. The van der Waals surface area contributed by atoms with E-state index in [0.717, 1.165) is 16.9 Å². The average molecular weight is 528 g/mol. The van der Waals surface area contributed by atoms with Gasteiger partial charge in [-0.1, -0.05) is 18.2 Å². The Bertz CT molecular complexity index is 1390. The number of likely N-dealkylation sites (N-methyl/N-ethyl adjacent to an activating group) is 1. The van der Waals surface area contributed by atoms with E-state index in [1.165, 1.54) is 23.9 Å². The number of ether oxygens (including phenoxy) is 1. The lowest BCUT2D eigenvalue weighted by Gasteiger charge is -2.41. The number of carbonyl (C=O) groups excluding carboxylic acids is 1. The van der Waals surface area contributed by atoms with Crippen molar-refractivity contribution in [1.82, 2.24) is 10.3 Å². The summed E-state index contributed by atoms with van der Waals surface area (Å²) in [7, 11) is 3.64. The fourth-order valence-corrected chi connectivity index (χ4v) is 5.71. The Morgan fingerprint density at radius 3 is 2.61 bits per heavy atom. The summed E-state index contributed by atoms with van der Waals surface area (Å²) in [6.45, 7) is 6.65. The first-order valence-corrected chi connectivity index (χ1v) is 13.1. The average Bonchev–Trinajstić information content (AvgIpc) is 3.25. The molecule has 196 valence electrons. The molecule has 0 aliphatic carbocycles. The molecule has 38 heavy (non-hydrogen) atoms. The first-order chi connectivity index (χ1) is 18.2. The molecule has 0 saturated carbocycles. The van der Waals surface area contributed by atoms with Gasteiger partial charge in [0.2, 0.25) is 5.91 Å². The molecule has 1 fully saturated rings. The number of thiocarbonyl (C=S) groups is 1. The number of benzene rings is 2. The molecule has 5 rings (SSSR count). The van der Waals surface area contributed by atoms with E-state index in [4.69, 9.17) is 17.0 Å². The number of carbonyl (C=O) groups is 1. The van der Waals surface area contributed by atoms with Gasteiger partial charge in [0, 0.05) is 43.0 Å². The van der Waals surface area contributed by atoms with E-state index in [0.29, 0.717) is 10.8 Å². The van der Waals surface area contributed by atoms with Crippen LogP contribution in [-0.2, 0) is 9.53 Å². The van der Waals surface area contributed by atoms with Crippen molar-refractivity contribution in [3.05, 3.63) is 89.8 Å². The van der Waals surface area contributed by atoms with E-state index in [2.05, 4.69) is 77.5 Å². The minimum Gasteiger partial charge on any atom is -0.375 e. The van der Waals surface area contributed by atoms with Crippen molar-refractivity contribution >= 4 is 45.9 Å². The predicted octanol–water partition coefficient (Wildman–Crippen LogP) is 5.48. The Labute approximate surface area is 229 Å². The van der Waals surface area contributed by atoms with E-state index in [1.807, 2.05) is 48.7 Å². The molecule has 2 atom stereocenters. The van der Waals surface area contributed by atoms with E-state index in [9.17, 15) is 4.79 Å². The second-order valence-electron chi connectivity index (χ2n) is 10.3. The van der Waals surface area contributed by atoms with Gasteiger partial charge in [-0.15, -0.1) is 0 Å². The maximum absolute atomic E-state index is 12.0. The molecule has 1 saturated heterocycles. The highest BCUT2D eigenvalue weighted by molar-refractivity contribution is 7.80. The predicted molar refractivity (Wildman–Crippen MR) is 157 cm³/mol. The molecule has 3 aromatic rings. The number of nitrogens with zero attached hydrogens (tertiary/aromatic N) is 3. The maximum atomic E-state index is 12.0. The highest BCUT2D eigenvalue weighted by Gasteiger charge is 2.41. The molecule has 3 heterocycles. The van der Waals surface area contributed by atoms with Crippen LogP contribution in [0, 0.1) is 0 Å². The van der Waals surface area contributed by atoms with Gasteiger partial charge in [-0.25, -0.2) is 0 Å². The maximum Gasteiger partial charge on any atom is 0.250 e. The topological polar surface area (TPSA) is 69.7 Å². The van der Waals surface area contributed by atoms with E-state index < -0.39 is 0 Å². The quantitative estimate of drug-likeness (QED) is 0.412. The van der Waals surface area contributed by atoms with E-state index >= 15 is 0 Å². The van der Waals surface area contributed by atoms with Gasteiger partial charge >= 0.3 is 0 Å². The molecule has 1 amide bonds. The number of rotatable bonds is 6. The Balaban J connectivity index is 1.56. The van der Waals surface area contributed by atoms with Crippen molar-refractivity contribution in [3.8, 4) is 0 Å². The molecular weight excluding hydrogens is 494 g/mol. The third-order valence-corrected chi connectivity index (χ3v) is 7.70. The summed E-state index contributed by atoms with van der Waals surface area (Å²) in [5, 5.41) is 7.00. The summed E-state index contributed by atoms with van der Waals surface area (Å²) < 4.78 is 4.92. The number of nitrogens with one attached hydrogen (secondary N) is 2. The number of aromatic nitrogens is 1. The van der Waals surface area contributed by atoms with Crippen LogP contribution in [0.4, 0.5) is 17.1 Å². The van der Waals surface area contributed by atoms with Crippen LogP contribution in [0.2, 0.25) is 0 Å². The molecule has 2 aliphatic rings. The third kappa shape index (κ3) is 4.77. The van der Waals surface area contributed by atoms with Crippen molar-refractivity contribution in [2.24, 2.45) is 0 Å². The van der Waals surface area contributed by atoms with Crippen LogP contribution in [0.25, 0.3) is 5.57 Å². The van der Waals surface area contributed by atoms with Gasteiger partial charge in [0.25, 0.3) is 0 Å². The molecule has 0 spiro atoms. The SMILES string of the molecule is COCC(=O)Nc1ccc(N2C(=S)NC(c3ccccn3)C2c2ccc3c(c2)C(C)=CC(C)(C)N3C)cc1. The van der Waals surface area contributed by atoms with E-state index in [-0.39, 0.29) is 30.1 Å². The number of hydrogen-bond acceptors (Lipinski definition) is 5. The Morgan fingerprint density at radius 2 is 1.92 bits per heavy atom. The normalized spacial score (nSPS) is 20.0. The molecule has 1 aromatic heterocycles. The van der Waals surface area contributed by atoms with Gasteiger partial charge in [0.1, 0.15) is 6.61 Å². The lowest BCUT2D eigenvalue weighted by molar-refractivity contribution is -0.119. The Morgan fingerprint density at radius 1 is 1.16 bits per heavy atom. The number of methoxy groups -OCH3 is 1. The van der Waals surface area contributed by atoms with Crippen molar-refractivity contribution in [3.63, 3.8) is 0 Å². The van der Waals surface area contributed by atoms with Crippen molar-refractivity contribution < 1.29 is 9.53 Å². The lowest BCUT2D eigenvalue weighted by Crippen LogP contribution is -2.42. The second-order valence-corrected chi connectivity index (χ2v) is 10.7. The highest BCUT2D eigenvalue weighted by atomic mass is 32.1. The zero-order valence-corrected chi connectivity index (χ0v) is 23.2. The van der Waals surface area contributed by atoms with Gasteiger partial charge in [-0.05, 0) is 92.7 Å². The zero-order chi connectivity index (χ0) is 27.0. The summed E-state index contributed by atoms with van der Waals surface area (Å²) in [4.78, 5) is 21.1. The molecular formula is C30H33N5O2S. The molecule has 2 unspecified atom stereocenters. The summed E-state index contributed by atoms with van der Waals surface area (Å²) in [5.41, 5.74) is 7.33. The standard InChI is InChI=1S/C30H33N5O2S/c1-19-17-30(2,3)34(4)25-14-9-20(16-23(19)25)28-27(24-8-6-7-15-31-24)33-29(38)35(28)22-12-10-21(11-13-22)32-26(36)18-37-5/h6-17,27-28H,18H2,1-5H3,(H,32,36)(H,33,38). The zero-order valence-electron chi connectivity index (χ0n) is 22.4. The number of fused-ring (bicyclic) bond motifs is 1. The smallest absolute Gasteiger partial charge is 0.250 e. The van der Waals surface area contributed by atoms with Gasteiger partial charge < -0.3 is 25.2 Å². The summed E-state index contributed by atoms with van der Waals surface area (Å²) in [5.74, 6) is -0.197. The van der Waals surface area contributed by atoms with Gasteiger partial charge in [0.05, 0.1) is 23.3 Å². The molecule has 2 aliphatic heterocycles. The Hall–Kier alpha value is -3.75. The largest absolute Gasteiger partial charge is 0.375 e. The minimum absolute atomic E-state index is 0.00821. The summed E-state index contributed by atoms with van der Waals surface area (Å²) in [6.07, 6.45) is 4.13. The molecule has 0 radical (unpaired) electrons. The minimum atomic E-state index is -0.197. The van der Waals surface area contributed by atoms with E-state index in [1.54, 1.807) is 0 Å². The molecule has 8 heteroatoms. The third-order valence-electron chi connectivity index (χ3n) is 7.39. The van der Waals surface area contributed by atoms with Crippen LogP contribution in [0.3, 0.4) is 0 Å². The number of hydrogen-bond donors (Lipinski definition) is 2.